The number of hydrogen-bond donors (Lipinski definition) is 3. The van der Waals surface area contributed by atoms with Crippen molar-refractivity contribution in [2.75, 3.05) is 13.6 Å². The van der Waals surface area contributed by atoms with Crippen molar-refractivity contribution in [3.63, 3.8) is 0 Å². The van der Waals surface area contributed by atoms with E-state index in [0.717, 1.165) is 19.3 Å². The van der Waals surface area contributed by atoms with Crippen molar-refractivity contribution >= 4 is 5.91 Å². The Morgan fingerprint density at radius 1 is 1.30 bits per heavy atom. The molecule has 110 valence electrons. The van der Waals surface area contributed by atoms with Crippen LogP contribution >= 0.6 is 0 Å². The summed E-state index contributed by atoms with van der Waals surface area (Å²) in [6.45, 7) is 0.586. The Labute approximate surface area is 119 Å². The maximum Gasteiger partial charge on any atom is 0.253 e. The molecule has 0 saturated heterocycles. The Bertz CT molecular complexity index is 490. The van der Waals surface area contributed by atoms with Gasteiger partial charge in [0.15, 0.2) is 11.5 Å². The maximum atomic E-state index is 12.5. The summed E-state index contributed by atoms with van der Waals surface area (Å²) in [6.07, 6.45) is 4.30. The van der Waals surface area contributed by atoms with Gasteiger partial charge in [0.05, 0.1) is 0 Å². The molecule has 0 radical (unpaired) electrons. The first-order valence-electron chi connectivity index (χ1n) is 7.03. The van der Waals surface area contributed by atoms with Gasteiger partial charge >= 0.3 is 0 Å². The zero-order valence-electron chi connectivity index (χ0n) is 11.7. The molecule has 0 aromatic heterocycles. The normalized spacial score (nSPS) is 22.5. The summed E-state index contributed by atoms with van der Waals surface area (Å²) in [5.41, 5.74) is 6.18. The van der Waals surface area contributed by atoms with Crippen LogP contribution in [0, 0.1) is 5.92 Å². The number of benzene rings is 1. The number of nitrogens with two attached hydrogens (primary N) is 1. The highest BCUT2D eigenvalue weighted by atomic mass is 16.3. The molecule has 1 aromatic rings. The fourth-order valence-electron chi connectivity index (χ4n) is 2.98. The van der Waals surface area contributed by atoms with Crippen LogP contribution in [-0.4, -0.2) is 40.7 Å². The van der Waals surface area contributed by atoms with Crippen LogP contribution in [0.4, 0.5) is 0 Å². The van der Waals surface area contributed by atoms with Crippen molar-refractivity contribution in [1.29, 1.82) is 0 Å². The van der Waals surface area contributed by atoms with Gasteiger partial charge in [-0.15, -0.1) is 0 Å². The molecule has 0 heterocycles. The van der Waals surface area contributed by atoms with Crippen molar-refractivity contribution < 1.29 is 15.0 Å². The molecule has 2 atom stereocenters. The lowest BCUT2D eigenvalue weighted by Crippen LogP contribution is -2.45. The van der Waals surface area contributed by atoms with Crippen LogP contribution in [0.5, 0.6) is 11.5 Å². The van der Waals surface area contributed by atoms with Crippen molar-refractivity contribution in [1.82, 2.24) is 4.90 Å². The van der Waals surface area contributed by atoms with Gasteiger partial charge in [0, 0.05) is 18.7 Å². The van der Waals surface area contributed by atoms with Crippen LogP contribution in [0.1, 0.15) is 36.0 Å². The molecule has 20 heavy (non-hydrogen) atoms. The van der Waals surface area contributed by atoms with Gasteiger partial charge in [0.1, 0.15) is 0 Å². The first-order valence-corrected chi connectivity index (χ1v) is 7.03. The number of hydrogen-bond acceptors (Lipinski definition) is 4. The van der Waals surface area contributed by atoms with Gasteiger partial charge in [-0.2, -0.15) is 0 Å². The molecule has 2 rings (SSSR count). The van der Waals surface area contributed by atoms with E-state index in [1.54, 1.807) is 11.9 Å². The van der Waals surface area contributed by atoms with Gasteiger partial charge in [0.25, 0.3) is 5.91 Å². The summed E-state index contributed by atoms with van der Waals surface area (Å²) in [7, 11) is 1.78. The second-order valence-electron chi connectivity index (χ2n) is 5.47. The highest BCUT2D eigenvalue weighted by Crippen LogP contribution is 2.30. The Hall–Kier alpha value is -1.75. The number of phenols is 2. The number of carbonyl (C=O) groups excluding carboxylic acids is 1. The van der Waals surface area contributed by atoms with Crippen LogP contribution in [-0.2, 0) is 0 Å². The van der Waals surface area contributed by atoms with Gasteiger partial charge in [-0.1, -0.05) is 12.8 Å². The van der Waals surface area contributed by atoms with Crippen LogP contribution in [0.2, 0.25) is 0 Å². The summed E-state index contributed by atoms with van der Waals surface area (Å²) in [4.78, 5) is 14.2. The maximum absolute atomic E-state index is 12.5. The average Bonchev–Trinajstić information content (AvgIpc) is 2.48. The summed E-state index contributed by atoms with van der Waals surface area (Å²) in [5, 5.41) is 18.8. The lowest BCUT2D eigenvalue weighted by molar-refractivity contribution is 0.0620. The van der Waals surface area contributed by atoms with Crippen LogP contribution in [0.3, 0.4) is 0 Å². The third-order valence-electron chi connectivity index (χ3n) is 4.21. The predicted octanol–water partition coefficient (Wildman–Crippen LogP) is 1.69. The topological polar surface area (TPSA) is 86.8 Å². The van der Waals surface area contributed by atoms with Gasteiger partial charge in [-0.25, -0.2) is 0 Å². The van der Waals surface area contributed by atoms with E-state index in [0.29, 0.717) is 18.0 Å². The minimum absolute atomic E-state index is 0.148. The fourth-order valence-corrected chi connectivity index (χ4v) is 2.98. The zero-order valence-corrected chi connectivity index (χ0v) is 11.7. The van der Waals surface area contributed by atoms with Crippen molar-refractivity contribution in [2.45, 2.75) is 31.7 Å². The van der Waals surface area contributed by atoms with E-state index < -0.39 is 0 Å². The van der Waals surface area contributed by atoms with Crippen LogP contribution in [0.15, 0.2) is 18.2 Å². The highest BCUT2D eigenvalue weighted by molar-refractivity contribution is 5.95. The number of amides is 1. The Balaban J connectivity index is 2.16. The third-order valence-corrected chi connectivity index (χ3v) is 4.21. The van der Waals surface area contributed by atoms with Gasteiger partial charge in [0.2, 0.25) is 0 Å². The highest BCUT2D eigenvalue weighted by Gasteiger charge is 2.30. The van der Waals surface area contributed by atoms with E-state index in [1.807, 2.05) is 0 Å². The van der Waals surface area contributed by atoms with E-state index in [4.69, 9.17) is 5.73 Å². The first-order chi connectivity index (χ1) is 9.54. The van der Waals surface area contributed by atoms with Gasteiger partial charge < -0.3 is 20.8 Å². The molecule has 1 aromatic carbocycles. The van der Waals surface area contributed by atoms with Crippen LogP contribution in [0.25, 0.3) is 0 Å². The molecule has 0 aliphatic heterocycles. The zero-order chi connectivity index (χ0) is 14.7. The van der Waals surface area contributed by atoms with E-state index in [1.165, 1.54) is 24.6 Å². The molecular weight excluding hydrogens is 256 g/mol. The Kier molecular flexibility index (Phi) is 4.49. The SMILES string of the molecule is CN(C(=O)c1ccc(O)c(O)c1)C1CCCCC1CN. The molecule has 1 aliphatic carbocycles. The summed E-state index contributed by atoms with van der Waals surface area (Å²) in [6, 6.07) is 4.30. The lowest BCUT2D eigenvalue weighted by atomic mass is 9.83. The molecule has 5 nitrogen and oxygen atoms in total. The molecule has 2 unspecified atom stereocenters. The largest absolute Gasteiger partial charge is 0.504 e. The smallest absolute Gasteiger partial charge is 0.253 e. The molecule has 0 bridgehead atoms. The quantitative estimate of drug-likeness (QED) is 0.734. The minimum atomic E-state index is -0.275. The van der Waals surface area contributed by atoms with Crippen molar-refractivity contribution in [2.24, 2.45) is 11.7 Å². The standard InChI is InChI=1S/C15H22N2O3/c1-17(12-5-3-2-4-11(12)9-16)15(20)10-6-7-13(18)14(19)8-10/h6-8,11-12,18-19H,2-5,9,16H2,1H3. The Morgan fingerprint density at radius 2 is 2.00 bits per heavy atom. The second kappa shape index (κ2) is 6.13. The predicted molar refractivity (Wildman–Crippen MR) is 76.7 cm³/mol. The van der Waals surface area contributed by atoms with E-state index in [9.17, 15) is 15.0 Å². The number of nitrogens with zero attached hydrogens (tertiary/aromatic N) is 1. The number of carbonyl (C=O) groups is 1. The van der Waals surface area contributed by atoms with E-state index in [-0.39, 0.29) is 23.4 Å². The summed E-state index contributed by atoms with van der Waals surface area (Å²) < 4.78 is 0. The molecule has 1 amide bonds. The van der Waals surface area contributed by atoms with E-state index >= 15 is 0 Å². The molecule has 0 spiro atoms. The monoisotopic (exact) mass is 278 g/mol. The lowest BCUT2D eigenvalue weighted by Gasteiger charge is -2.37. The minimum Gasteiger partial charge on any atom is -0.504 e. The number of phenolic OH excluding ortho intramolecular Hbond substituents is 2. The van der Waals surface area contributed by atoms with Crippen LogP contribution < -0.4 is 5.73 Å². The fraction of sp³-hybridized carbons (Fsp3) is 0.533. The van der Waals surface area contributed by atoms with Crippen molar-refractivity contribution in [3.05, 3.63) is 23.8 Å². The molecular formula is C15H22N2O3. The second-order valence-corrected chi connectivity index (χ2v) is 5.47. The number of rotatable bonds is 3. The first kappa shape index (κ1) is 14.7. The summed E-state index contributed by atoms with van der Waals surface area (Å²) >= 11 is 0. The van der Waals surface area contributed by atoms with Crippen molar-refractivity contribution in [3.8, 4) is 11.5 Å². The molecule has 4 N–H and O–H groups in total. The average molecular weight is 278 g/mol. The molecule has 1 saturated carbocycles. The molecule has 5 heteroatoms. The molecule has 1 aliphatic rings. The van der Waals surface area contributed by atoms with E-state index in [2.05, 4.69) is 0 Å². The Morgan fingerprint density at radius 3 is 2.65 bits per heavy atom. The summed E-state index contributed by atoms with van der Waals surface area (Å²) in [5.74, 6) is -0.306. The molecule has 1 fully saturated rings. The van der Waals surface area contributed by atoms with Gasteiger partial charge in [-0.3, -0.25) is 4.79 Å². The number of aromatic hydroxyl groups is 2. The van der Waals surface area contributed by atoms with Gasteiger partial charge in [-0.05, 0) is 43.5 Å². The third kappa shape index (κ3) is 2.88.